The maximum Gasteiger partial charge on any atom is 0.397 e. The van der Waals surface area contributed by atoms with Gasteiger partial charge in [0.05, 0.1) is 35.7 Å². The van der Waals surface area contributed by atoms with Gasteiger partial charge in [0, 0.05) is 11.5 Å². The number of carbonyl (C=O) groups excluding carboxylic acids is 2. The van der Waals surface area contributed by atoms with Gasteiger partial charge in [-0.1, -0.05) is 0 Å². The van der Waals surface area contributed by atoms with Crippen LogP contribution in [0.3, 0.4) is 0 Å². The van der Waals surface area contributed by atoms with E-state index in [1.54, 1.807) is 0 Å². The molecular weight excluding hydrogens is 895 g/mol. The van der Waals surface area contributed by atoms with E-state index in [2.05, 4.69) is 30.0 Å². The molecule has 1 amide bonds. The molecule has 1 atom stereocenters. The highest BCUT2D eigenvalue weighted by molar-refractivity contribution is 7.91. The molecule has 0 aromatic heterocycles. The first-order valence-corrected chi connectivity index (χ1v) is 22.9. The van der Waals surface area contributed by atoms with Crippen LogP contribution in [-0.4, -0.2) is 103 Å². The van der Waals surface area contributed by atoms with Crippen molar-refractivity contribution < 1.29 is 83.9 Å². The number of sulfone groups is 1. The van der Waals surface area contributed by atoms with Crippen molar-refractivity contribution >= 4 is 95.8 Å². The molecule has 0 aliphatic heterocycles. The second kappa shape index (κ2) is 17.1. The quantitative estimate of drug-likeness (QED) is 0.0533. The predicted octanol–water partition coefficient (Wildman–Crippen LogP) is 3.29. The number of nitrogens with one attached hydrogen (secondary N) is 1. The minimum atomic E-state index is -5.31. The number of carbonyl (C=O) groups is 2. The number of methoxy groups -OCH3 is 1. The third-order valence-electron chi connectivity index (χ3n) is 7.68. The van der Waals surface area contributed by atoms with E-state index in [4.69, 9.17) is 9.29 Å². The molecule has 0 saturated heterocycles. The highest BCUT2D eigenvalue weighted by atomic mass is 32.3. The number of hydrogen-bond donors (Lipinski definition) is 6. The number of rotatable bonds is 16. The Bertz CT molecular complexity index is 3010. The summed E-state index contributed by atoms with van der Waals surface area (Å²) < 4.78 is 167. The number of ether oxygens (including phenoxy) is 1. The van der Waals surface area contributed by atoms with Crippen molar-refractivity contribution in [1.82, 2.24) is 0 Å². The maximum atomic E-state index is 13.3. The van der Waals surface area contributed by atoms with Gasteiger partial charge >= 0.3 is 10.4 Å². The van der Waals surface area contributed by atoms with Crippen LogP contribution >= 0.6 is 0 Å². The van der Waals surface area contributed by atoms with Crippen LogP contribution in [-0.2, 0) is 64.4 Å². The second-order valence-electron chi connectivity index (χ2n) is 11.8. The van der Waals surface area contributed by atoms with E-state index in [1.807, 2.05) is 0 Å². The van der Waals surface area contributed by atoms with Gasteiger partial charge in [-0.15, -0.1) is 10.2 Å². The Hall–Kier alpha value is -5.37. The summed E-state index contributed by atoms with van der Waals surface area (Å²) in [6, 6.07) is 6.01. The molecule has 59 heavy (non-hydrogen) atoms. The first kappa shape index (κ1) is 46.3. The monoisotopic (exact) mass is 923 g/mol. The zero-order valence-electron chi connectivity index (χ0n) is 30.0. The summed E-state index contributed by atoms with van der Waals surface area (Å²) in [6.45, 7) is 1.25. The number of phenols is 1. The van der Waals surface area contributed by atoms with Gasteiger partial charge in [0.1, 0.15) is 31.8 Å². The average molecular weight is 924 g/mol. The summed E-state index contributed by atoms with van der Waals surface area (Å²) in [5, 5.41) is 27.2. The van der Waals surface area contributed by atoms with Crippen molar-refractivity contribution in [2.75, 3.05) is 24.8 Å². The number of Topliss-reactive ketones (excluding diaryl/α,β-unsaturated/α-hetero) is 1. The van der Waals surface area contributed by atoms with Crippen LogP contribution in [0.2, 0.25) is 0 Å². The summed E-state index contributed by atoms with van der Waals surface area (Å²) in [5.74, 6) is -4.62. The van der Waals surface area contributed by atoms with E-state index in [1.165, 1.54) is 6.92 Å². The molecule has 0 aliphatic rings. The molecule has 0 saturated carbocycles. The van der Waals surface area contributed by atoms with Gasteiger partial charge in [-0.2, -0.15) is 43.9 Å². The Labute approximate surface area is 334 Å². The normalized spacial score (nSPS) is 13.5. The van der Waals surface area contributed by atoms with Gasteiger partial charge in [-0.25, -0.2) is 12.6 Å². The average Bonchev–Trinajstić information content (AvgIpc) is 3.09. The number of hydrogen-bond acceptors (Lipinski definition) is 19. The Morgan fingerprint density at radius 3 is 1.86 bits per heavy atom. The lowest BCUT2D eigenvalue weighted by atomic mass is 10.1. The molecular formula is C30H29N5O19S5. The smallest absolute Gasteiger partial charge is 0.397 e. The zero-order valence-corrected chi connectivity index (χ0v) is 34.1. The molecule has 6 N–H and O–H groups in total. The van der Waals surface area contributed by atoms with Gasteiger partial charge in [0.15, 0.2) is 21.4 Å². The largest absolute Gasteiger partial charge is 0.505 e. The Balaban J connectivity index is 1.76. The number of aromatic hydroxyl groups is 1. The molecule has 4 aromatic carbocycles. The number of nitrogens with zero attached hydrogens (tertiary/aromatic N) is 4. The number of azo groups is 2. The molecule has 0 radical (unpaired) electrons. The zero-order chi connectivity index (χ0) is 44.5. The standard InChI is InChI=1S/C30H29N5O19S5/c1-15-10-21(23(53-3)14-24(15)56(41,42)43)33-35-28-26(58(47,48)49)12-17-11-25(57(44,45)46)22(13-20(17)29(28)37)31-30(38)27(16(2)36)34-32-18-4-6-19(7-5-18)55(39,40)9-8-54-59(50,51)52/h4-7,10-14,27,37H,8-9H2,1-3H3,(H,31,38)(H,41,42,43)(H,44,45,46)(H,47,48,49)(H,50,51,52). The molecule has 24 nitrogen and oxygen atoms in total. The summed E-state index contributed by atoms with van der Waals surface area (Å²) >= 11 is 0. The van der Waals surface area contributed by atoms with Gasteiger partial charge in [0.25, 0.3) is 36.3 Å². The summed E-state index contributed by atoms with van der Waals surface area (Å²) in [7, 11) is -23.3. The molecule has 0 heterocycles. The van der Waals surface area contributed by atoms with Crippen LogP contribution in [0.5, 0.6) is 11.5 Å². The van der Waals surface area contributed by atoms with E-state index in [9.17, 15) is 70.4 Å². The molecule has 318 valence electrons. The number of aryl methyl sites for hydroxylation is 1. The van der Waals surface area contributed by atoms with Crippen molar-refractivity contribution in [1.29, 1.82) is 0 Å². The minimum absolute atomic E-state index is 0.0743. The van der Waals surface area contributed by atoms with Crippen LogP contribution in [0, 0.1) is 6.92 Å². The van der Waals surface area contributed by atoms with Crippen LogP contribution in [0.15, 0.2) is 94.6 Å². The topological polar surface area (TPSA) is 386 Å². The van der Waals surface area contributed by atoms with Crippen LogP contribution in [0.25, 0.3) is 10.8 Å². The maximum absolute atomic E-state index is 13.3. The third-order valence-corrected chi connectivity index (χ3v) is 12.6. The lowest BCUT2D eigenvalue weighted by Crippen LogP contribution is -2.32. The highest BCUT2D eigenvalue weighted by Crippen LogP contribution is 2.44. The minimum Gasteiger partial charge on any atom is -0.505 e. The lowest BCUT2D eigenvalue weighted by molar-refractivity contribution is -0.126. The van der Waals surface area contributed by atoms with Gasteiger partial charge in [-0.3, -0.25) is 27.8 Å². The van der Waals surface area contributed by atoms with Gasteiger partial charge < -0.3 is 15.2 Å². The molecule has 4 rings (SSSR count). The van der Waals surface area contributed by atoms with E-state index >= 15 is 0 Å². The van der Waals surface area contributed by atoms with E-state index < -0.39 is 123 Å². The molecule has 0 aliphatic carbocycles. The van der Waals surface area contributed by atoms with Crippen LogP contribution < -0.4 is 10.1 Å². The number of anilines is 1. The first-order valence-electron chi connectivity index (χ1n) is 15.6. The van der Waals surface area contributed by atoms with Crippen molar-refractivity contribution in [3.8, 4) is 11.5 Å². The Kier molecular flexibility index (Phi) is 13.4. The van der Waals surface area contributed by atoms with Crippen LogP contribution in [0.4, 0.5) is 22.7 Å². The fourth-order valence-electron chi connectivity index (χ4n) is 4.99. The fraction of sp³-hybridized carbons (Fsp3) is 0.200. The number of phenolic OH excluding ortho intramolecular Hbond substituents is 1. The van der Waals surface area contributed by atoms with Crippen LogP contribution in [0.1, 0.15) is 12.5 Å². The summed E-state index contributed by atoms with van der Waals surface area (Å²) in [4.78, 5) is 22.6. The third kappa shape index (κ3) is 11.4. The molecule has 0 spiro atoms. The molecule has 29 heteroatoms. The molecule has 4 aromatic rings. The van der Waals surface area contributed by atoms with E-state index in [-0.39, 0.29) is 27.6 Å². The Morgan fingerprint density at radius 1 is 0.763 bits per heavy atom. The van der Waals surface area contributed by atoms with Crippen molar-refractivity contribution in [3.63, 3.8) is 0 Å². The van der Waals surface area contributed by atoms with Gasteiger partial charge in [0.2, 0.25) is 6.04 Å². The number of benzene rings is 4. The summed E-state index contributed by atoms with van der Waals surface area (Å²) in [5.41, 5.74) is -2.26. The first-order chi connectivity index (χ1) is 27.0. The Morgan fingerprint density at radius 2 is 1.34 bits per heavy atom. The van der Waals surface area contributed by atoms with Gasteiger partial charge in [-0.05, 0) is 73.3 Å². The predicted molar refractivity (Wildman–Crippen MR) is 201 cm³/mol. The summed E-state index contributed by atoms with van der Waals surface area (Å²) in [6.07, 6.45) is 0. The lowest BCUT2D eigenvalue weighted by Gasteiger charge is -2.15. The SMILES string of the molecule is COc1cc(S(=O)(=O)O)c(C)cc1N=Nc1c(S(=O)(=O)O)cc2cc(S(=O)(=O)O)c(NC(=O)C(N=Nc3ccc(S(=O)(=O)CCOS(=O)(=O)O)cc3)C(C)=O)cc2c1O. The van der Waals surface area contributed by atoms with Crippen molar-refractivity contribution in [2.45, 2.75) is 39.5 Å². The number of amides is 1. The second-order valence-corrected chi connectivity index (χ2v) is 19.2. The van der Waals surface area contributed by atoms with E-state index in [0.29, 0.717) is 12.1 Å². The molecule has 1 unspecified atom stereocenters. The highest BCUT2D eigenvalue weighted by Gasteiger charge is 2.29. The van der Waals surface area contributed by atoms with Crippen molar-refractivity contribution in [2.24, 2.45) is 20.5 Å². The number of ketones is 1. The molecule has 0 bridgehead atoms. The van der Waals surface area contributed by atoms with E-state index in [0.717, 1.165) is 56.5 Å². The van der Waals surface area contributed by atoms with Crippen molar-refractivity contribution in [3.05, 3.63) is 60.2 Å². The number of fused-ring (bicyclic) bond motifs is 1. The molecule has 0 fully saturated rings. The fourth-order valence-corrected chi connectivity index (χ4v) is 8.52.